The van der Waals surface area contributed by atoms with Crippen molar-refractivity contribution in [1.82, 2.24) is 0 Å². The molecule has 2 rings (SSSR count). The van der Waals surface area contributed by atoms with Gasteiger partial charge >= 0.3 is 13.3 Å². The quantitative estimate of drug-likeness (QED) is 0.546. The minimum absolute atomic E-state index is 0.131. The average molecular weight is 424 g/mol. The normalized spacial score (nSPS) is 12.5. The zero-order valence-corrected chi connectivity index (χ0v) is 15.6. The molecule has 0 saturated heterocycles. The standard InChI is InChI=1S/C14H13BrF2NO3PS/c1-3-20-22(19,21-4-2)14(16,17)13-12(15)10-6-5-9(8-18)7-11(10)23-13/h5-7H,3-4H2,1-2H3. The Balaban J connectivity index is 2.63. The van der Waals surface area contributed by atoms with Crippen molar-refractivity contribution in [2.45, 2.75) is 19.5 Å². The zero-order valence-electron chi connectivity index (χ0n) is 12.3. The van der Waals surface area contributed by atoms with Gasteiger partial charge in [-0.3, -0.25) is 4.57 Å². The number of rotatable bonds is 6. The molecule has 1 heterocycles. The summed E-state index contributed by atoms with van der Waals surface area (Å²) in [6, 6.07) is 6.57. The lowest BCUT2D eigenvalue weighted by atomic mass is 10.2. The molecule has 23 heavy (non-hydrogen) atoms. The second kappa shape index (κ2) is 6.96. The summed E-state index contributed by atoms with van der Waals surface area (Å²) in [5.41, 5.74) is -3.44. The minimum atomic E-state index is -4.66. The minimum Gasteiger partial charge on any atom is -0.304 e. The van der Waals surface area contributed by atoms with Gasteiger partial charge in [0.25, 0.3) is 0 Å². The topological polar surface area (TPSA) is 59.3 Å². The molecule has 0 unspecified atom stereocenters. The first-order valence-corrected chi connectivity index (χ1v) is 9.85. The summed E-state index contributed by atoms with van der Waals surface area (Å²) in [6.45, 7) is 2.63. The molecule has 0 spiro atoms. The van der Waals surface area contributed by atoms with Crippen molar-refractivity contribution in [2.75, 3.05) is 13.2 Å². The Morgan fingerprint density at radius 1 is 1.35 bits per heavy atom. The van der Waals surface area contributed by atoms with Crippen LogP contribution in [0.4, 0.5) is 8.78 Å². The van der Waals surface area contributed by atoms with Crippen LogP contribution in [-0.2, 0) is 19.3 Å². The highest BCUT2D eigenvalue weighted by molar-refractivity contribution is 9.10. The highest BCUT2D eigenvalue weighted by Crippen LogP contribution is 2.69. The first-order valence-electron chi connectivity index (χ1n) is 6.70. The van der Waals surface area contributed by atoms with E-state index in [1.54, 1.807) is 6.07 Å². The maximum absolute atomic E-state index is 14.9. The summed E-state index contributed by atoms with van der Waals surface area (Å²) in [6.07, 6.45) is 0. The van der Waals surface area contributed by atoms with Crippen molar-refractivity contribution < 1.29 is 22.4 Å². The van der Waals surface area contributed by atoms with Gasteiger partial charge in [0, 0.05) is 14.6 Å². The largest absolute Gasteiger partial charge is 0.405 e. The molecule has 0 bridgehead atoms. The van der Waals surface area contributed by atoms with E-state index in [9.17, 15) is 13.3 Å². The van der Waals surface area contributed by atoms with Crippen molar-refractivity contribution in [3.63, 3.8) is 0 Å². The molecule has 0 saturated carbocycles. The van der Waals surface area contributed by atoms with Crippen LogP contribution in [0.25, 0.3) is 10.1 Å². The number of fused-ring (bicyclic) bond motifs is 1. The number of nitrogens with zero attached hydrogens (tertiary/aromatic N) is 1. The van der Waals surface area contributed by atoms with Crippen LogP contribution in [0.15, 0.2) is 22.7 Å². The second-order valence-electron chi connectivity index (χ2n) is 4.44. The highest BCUT2D eigenvalue weighted by Gasteiger charge is 2.57. The molecule has 0 radical (unpaired) electrons. The van der Waals surface area contributed by atoms with E-state index in [0.717, 1.165) is 11.3 Å². The van der Waals surface area contributed by atoms with Crippen LogP contribution >= 0.6 is 34.9 Å². The summed E-state index contributed by atoms with van der Waals surface area (Å²) < 4.78 is 52.5. The van der Waals surface area contributed by atoms with Crippen LogP contribution in [0, 0.1) is 11.3 Å². The van der Waals surface area contributed by atoms with Crippen LogP contribution in [0.5, 0.6) is 0 Å². The van der Waals surface area contributed by atoms with Crippen LogP contribution in [-0.4, -0.2) is 13.2 Å². The Morgan fingerprint density at radius 3 is 2.48 bits per heavy atom. The SMILES string of the molecule is CCOP(=O)(OCC)C(F)(F)c1sc2cc(C#N)ccc2c1Br. The Labute approximate surface area is 144 Å². The number of alkyl halides is 2. The third kappa shape index (κ3) is 3.21. The molecule has 4 nitrogen and oxygen atoms in total. The van der Waals surface area contributed by atoms with Crippen molar-refractivity contribution in [2.24, 2.45) is 0 Å². The number of hydrogen-bond acceptors (Lipinski definition) is 5. The second-order valence-corrected chi connectivity index (χ2v) is 8.36. The van der Waals surface area contributed by atoms with E-state index in [4.69, 9.17) is 14.3 Å². The Hall–Kier alpha value is -0.840. The molecule has 0 aliphatic heterocycles. The first-order chi connectivity index (χ1) is 10.8. The summed E-state index contributed by atoms with van der Waals surface area (Å²) in [7, 11) is -4.66. The Morgan fingerprint density at radius 2 is 1.96 bits per heavy atom. The van der Waals surface area contributed by atoms with E-state index in [1.165, 1.54) is 26.0 Å². The predicted molar refractivity (Wildman–Crippen MR) is 89.0 cm³/mol. The smallest absolute Gasteiger partial charge is 0.304 e. The first kappa shape index (κ1) is 18.5. The molecule has 0 amide bonds. The summed E-state index contributed by atoms with van der Waals surface area (Å²) in [5, 5.41) is 9.43. The van der Waals surface area contributed by atoms with Gasteiger partial charge in [0.15, 0.2) is 0 Å². The van der Waals surface area contributed by atoms with Crippen molar-refractivity contribution in [3.8, 4) is 6.07 Å². The monoisotopic (exact) mass is 423 g/mol. The van der Waals surface area contributed by atoms with Crippen LogP contribution in [0.2, 0.25) is 0 Å². The number of halogens is 3. The lowest BCUT2D eigenvalue weighted by molar-refractivity contribution is 0.0387. The van der Waals surface area contributed by atoms with E-state index in [2.05, 4.69) is 15.9 Å². The molecule has 1 aromatic carbocycles. The lowest BCUT2D eigenvalue weighted by Crippen LogP contribution is -2.17. The van der Waals surface area contributed by atoms with E-state index < -0.39 is 18.1 Å². The highest BCUT2D eigenvalue weighted by atomic mass is 79.9. The van der Waals surface area contributed by atoms with Crippen LogP contribution in [0.1, 0.15) is 24.3 Å². The third-order valence-corrected chi connectivity index (χ3v) is 7.54. The molecular formula is C14H13BrF2NO3PS. The van der Waals surface area contributed by atoms with Gasteiger partial charge in [-0.2, -0.15) is 14.0 Å². The van der Waals surface area contributed by atoms with Crippen LogP contribution in [0.3, 0.4) is 0 Å². The van der Waals surface area contributed by atoms with Gasteiger partial charge in [-0.1, -0.05) is 6.07 Å². The summed E-state index contributed by atoms with van der Waals surface area (Å²) in [5.74, 6) is 0. The third-order valence-electron chi connectivity index (χ3n) is 2.97. The molecule has 124 valence electrons. The molecule has 0 aliphatic carbocycles. The van der Waals surface area contributed by atoms with E-state index in [0.29, 0.717) is 15.6 Å². The fraction of sp³-hybridized carbons (Fsp3) is 0.357. The van der Waals surface area contributed by atoms with Crippen molar-refractivity contribution in [1.29, 1.82) is 5.26 Å². The number of benzene rings is 1. The van der Waals surface area contributed by atoms with Gasteiger partial charge in [0.1, 0.15) is 4.88 Å². The van der Waals surface area contributed by atoms with E-state index >= 15 is 0 Å². The molecule has 0 fully saturated rings. The molecule has 9 heteroatoms. The Bertz CT molecular complexity index is 808. The fourth-order valence-corrected chi connectivity index (χ4v) is 6.03. The van der Waals surface area contributed by atoms with Crippen molar-refractivity contribution >= 4 is 44.9 Å². The molecular weight excluding hydrogens is 411 g/mol. The molecule has 1 aromatic heterocycles. The van der Waals surface area contributed by atoms with Gasteiger partial charge in [-0.25, -0.2) is 0 Å². The summed E-state index contributed by atoms with van der Waals surface area (Å²) in [4.78, 5) is -0.437. The van der Waals surface area contributed by atoms with E-state index in [1.807, 2.05) is 6.07 Å². The zero-order chi connectivity index (χ0) is 17.3. The van der Waals surface area contributed by atoms with Gasteiger partial charge < -0.3 is 9.05 Å². The molecule has 0 N–H and O–H groups in total. The van der Waals surface area contributed by atoms with Crippen LogP contribution < -0.4 is 0 Å². The predicted octanol–water partition coefficient (Wildman–Crippen LogP) is 5.85. The van der Waals surface area contributed by atoms with E-state index in [-0.39, 0.29) is 17.7 Å². The fourth-order valence-electron chi connectivity index (χ4n) is 1.99. The molecule has 0 atom stereocenters. The van der Waals surface area contributed by atoms with Crippen molar-refractivity contribution in [3.05, 3.63) is 33.1 Å². The maximum Gasteiger partial charge on any atom is 0.405 e. The number of thiophene rings is 1. The number of nitriles is 1. The number of hydrogen-bond donors (Lipinski definition) is 0. The average Bonchev–Trinajstić information content (AvgIpc) is 2.84. The lowest BCUT2D eigenvalue weighted by Gasteiger charge is -2.25. The van der Waals surface area contributed by atoms with Gasteiger partial charge in [0.05, 0.1) is 24.8 Å². The summed E-state index contributed by atoms with van der Waals surface area (Å²) >= 11 is 3.90. The van der Waals surface area contributed by atoms with Gasteiger partial charge in [0.2, 0.25) is 0 Å². The molecule has 0 aliphatic rings. The van der Waals surface area contributed by atoms with Gasteiger partial charge in [-0.05, 0) is 41.9 Å². The maximum atomic E-state index is 14.9. The van der Waals surface area contributed by atoms with Gasteiger partial charge in [-0.15, -0.1) is 11.3 Å². The molecule has 2 aromatic rings. The Kier molecular flexibility index (Phi) is 5.59.